The first-order chi connectivity index (χ1) is 35.1. The zero-order valence-corrected chi connectivity index (χ0v) is 46.3. The van der Waals surface area contributed by atoms with Crippen molar-refractivity contribution in [2.24, 2.45) is 0 Å². The van der Waals surface area contributed by atoms with Gasteiger partial charge in [0.1, 0.15) is 0 Å². The van der Waals surface area contributed by atoms with Gasteiger partial charge in [-0.2, -0.15) is 0 Å². The van der Waals surface area contributed by atoms with E-state index in [0.717, 1.165) is 6.42 Å². The maximum Gasteiger partial charge on any atom is 0.0543 e. The van der Waals surface area contributed by atoms with E-state index >= 15 is 0 Å². The number of anilines is 3. The number of aryl methyl sites for hydroxylation is 8. The zero-order valence-electron chi connectivity index (χ0n) is 46.3. The summed E-state index contributed by atoms with van der Waals surface area (Å²) in [6.07, 6.45) is 0.915. The van der Waals surface area contributed by atoms with Crippen LogP contribution in [0.2, 0.25) is 0 Å². The Kier molecular flexibility index (Phi) is 10.7. The second-order valence-electron chi connectivity index (χ2n) is 24.4. The predicted octanol–water partition coefficient (Wildman–Crippen LogP) is 19.7. The van der Waals surface area contributed by atoms with Crippen molar-refractivity contribution < 1.29 is 0 Å². The summed E-state index contributed by atoms with van der Waals surface area (Å²) in [5, 5.41) is 2.58. The second kappa shape index (κ2) is 16.6. The van der Waals surface area contributed by atoms with Gasteiger partial charge in [0.15, 0.2) is 0 Å². The number of benzene rings is 9. The summed E-state index contributed by atoms with van der Waals surface area (Å²) in [4.78, 5) is 2.54. The van der Waals surface area contributed by atoms with Gasteiger partial charge < -0.3 is 4.90 Å². The quantitative estimate of drug-likeness (QED) is 0.147. The molecule has 0 radical (unpaired) electrons. The molecule has 9 aromatic rings. The van der Waals surface area contributed by atoms with Crippen molar-refractivity contribution in [2.75, 3.05) is 4.90 Å². The van der Waals surface area contributed by atoms with Gasteiger partial charge in [-0.25, -0.2) is 0 Å². The summed E-state index contributed by atoms with van der Waals surface area (Å²) in [6, 6.07) is 57.0. The van der Waals surface area contributed by atoms with Crippen LogP contribution >= 0.6 is 0 Å². The van der Waals surface area contributed by atoms with Gasteiger partial charge in [-0.3, -0.25) is 0 Å². The molecule has 0 amide bonds. The number of rotatable bonds is 8. The molecule has 1 nitrogen and oxygen atoms in total. The lowest BCUT2D eigenvalue weighted by molar-refractivity contribution is 0.649. The summed E-state index contributed by atoms with van der Waals surface area (Å²) in [6.45, 7) is 37.5. The Bertz CT molecular complexity index is 3850. The van der Waals surface area contributed by atoms with Gasteiger partial charge in [-0.05, 0) is 227 Å². The van der Waals surface area contributed by atoms with Crippen LogP contribution in [0.1, 0.15) is 142 Å². The third-order valence-corrected chi connectivity index (χ3v) is 18.2. The first kappa shape index (κ1) is 47.8. The molecule has 1 atom stereocenters. The molecule has 0 bridgehead atoms. The van der Waals surface area contributed by atoms with Gasteiger partial charge in [-0.1, -0.05) is 167 Å². The van der Waals surface area contributed by atoms with E-state index in [1.54, 1.807) is 0 Å². The Hall–Kier alpha value is -7.22. The number of nitrogens with zero attached hydrogens (tertiary/aromatic N) is 1. The first-order valence-electron chi connectivity index (χ1n) is 27.0. The zero-order chi connectivity index (χ0) is 52.1. The number of hydrogen-bond donors (Lipinski definition) is 0. The van der Waals surface area contributed by atoms with Crippen LogP contribution in [-0.4, -0.2) is 0 Å². The fourth-order valence-electron chi connectivity index (χ4n) is 14.0. The minimum atomic E-state index is -0.250. The van der Waals surface area contributed by atoms with Crippen molar-refractivity contribution in [3.05, 3.63) is 247 Å². The molecular weight excluding hydrogens is 891 g/mol. The third-order valence-electron chi connectivity index (χ3n) is 18.2. The average Bonchev–Trinajstić information content (AvgIpc) is 3.86. The Morgan fingerprint density at radius 1 is 0.405 bits per heavy atom. The minimum Gasteiger partial charge on any atom is -0.309 e. The van der Waals surface area contributed by atoms with E-state index in [9.17, 15) is 0 Å². The standard InChI is InChI=1S/C73H71N/c1-41-20-24-50(45(5)30-41)34-56(52-26-21-42(2)31-46(52)6)49(9)51-25-27-53-57-36-63-58(37-62(57)71(10,11)61(53)35-51)59-38-65-60(39-64(59)72(63,12)13)70-55-19-17-16-18-54(55)69(40-66(70)73(65,14)15)74(67-28-22-43(3)32-47(67)7)68-29-23-44(4)33-48(68)8/h16-33,35-40,56H,9,34H2,1-8,10-15H3. The SMILES string of the molecule is C=C(c1ccc2c(c1)C(C)(C)c1cc3c(cc1-2)C(C)(C)c1cc2c(cc1-3)C(C)(C)c1cc(N(c3ccc(C)cc3C)c3ccc(C)cc3C)c3ccccc3c1-2)C(Cc1ccc(C)cc1C)c1ccc(C)cc1C. The van der Waals surface area contributed by atoms with E-state index in [1.165, 1.54) is 161 Å². The smallest absolute Gasteiger partial charge is 0.0543 e. The van der Waals surface area contributed by atoms with Crippen molar-refractivity contribution >= 4 is 33.4 Å². The van der Waals surface area contributed by atoms with Crippen LogP contribution in [0.25, 0.3) is 49.7 Å². The van der Waals surface area contributed by atoms with Crippen LogP contribution in [-0.2, 0) is 22.7 Å². The first-order valence-corrected chi connectivity index (χ1v) is 27.0. The van der Waals surface area contributed by atoms with Gasteiger partial charge in [0.05, 0.1) is 5.69 Å². The Morgan fingerprint density at radius 3 is 1.42 bits per heavy atom. The third kappa shape index (κ3) is 7.09. The van der Waals surface area contributed by atoms with Gasteiger partial charge in [0.2, 0.25) is 0 Å². The van der Waals surface area contributed by atoms with Crippen LogP contribution in [0, 0.1) is 55.4 Å². The van der Waals surface area contributed by atoms with Gasteiger partial charge in [0, 0.05) is 38.9 Å². The molecule has 0 saturated carbocycles. The number of allylic oxidation sites excluding steroid dienone is 1. The highest BCUT2D eigenvalue weighted by atomic mass is 15.1. The molecule has 0 N–H and O–H groups in total. The molecule has 3 aliphatic carbocycles. The predicted molar refractivity (Wildman–Crippen MR) is 318 cm³/mol. The van der Waals surface area contributed by atoms with Crippen LogP contribution in [0.4, 0.5) is 17.1 Å². The molecule has 0 aliphatic heterocycles. The summed E-state index contributed by atoms with van der Waals surface area (Å²) in [5.74, 6) is 0.151. The van der Waals surface area contributed by atoms with Gasteiger partial charge in [0.25, 0.3) is 0 Å². The molecule has 74 heavy (non-hydrogen) atoms. The molecule has 1 heteroatoms. The lowest BCUT2D eigenvalue weighted by atomic mass is 9.77. The van der Waals surface area contributed by atoms with Gasteiger partial charge >= 0.3 is 0 Å². The molecule has 12 rings (SSSR count). The van der Waals surface area contributed by atoms with Crippen molar-refractivity contribution in [3.8, 4) is 33.4 Å². The Labute approximate surface area is 441 Å². The molecule has 9 aromatic carbocycles. The lowest BCUT2D eigenvalue weighted by Crippen LogP contribution is -2.18. The maximum atomic E-state index is 4.95. The van der Waals surface area contributed by atoms with E-state index in [1.807, 2.05) is 0 Å². The maximum absolute atomic E-state index is 4.95. The second-order valence-corrected chi connectivity index (χ2v) is 24.4. The van der Waals surface area contributed by atoms with Gasteiger partial charge in [-0.15, -0.1) is 0 Å². The summed E-state index contributed by atoms with van der Waals surface area (Å²) in [7, 11) is 0. The Balaban J connectivity index is 0.963. The monoisotopic (exact) mass is 962 g/mol. The molecule has 0 spiro atoms. The van der Waals surface area contributed by atoms with Crippen LogP contribution < -0.4 is 4.90 Å². The minimum absolute atomic E-state index is 0.151. The molecule has 368 valence electrons. The lowest BCUT2D eigenvalue weighted by Gasteiger charge is -2.32. The van der Waals surface area contributed by atoms with E-state index in [-0.39, 0.29) is 22.2 Å². The fraction of sp³-hybridized carbons (Fsp3) is 0.260. The largest absolute Gasteiger partial charge is 0.309 e. The Morgan fingerprint density at radius 2 is 0.865 bits per heavy atom. The molecule has 0 fully saturated rings. The number of fused-ring (bicyclic) bond motifs is 11. The van der Waals surface area contributed by atoms with E-state index in [4.69, 9.17) is 6.58 Å². The van der Waals surface area contributed by atoms with E-state index in [2.05, 4.69) is 247 Å². The molecule has 3 aliphatic rings. The van der Waals surface area contributed by atoms with Crippen LogP contribution in [0.15, 0.2) is 152 Å². The molecule has 0 saturated heterocycles. The fourth-order valence-corrected chi connectivity index (χ4v) is 14.0. The normalized spacial score (nSPS) is 15.3. The van der Waals surface area contributed by atoms with Crippen molar-refractivity contribution in [2.45, 2.75) is 126 Å². The van der Waals surface area contributed by atoms with E-state index < -0.39 is 0 Å². The molecule has 0 heterocycles. The van der Waals surface area contributed by atoms with Crippen LogP contribution in [0.5, 0.6) is 0 Å². The summed E-state index contributed by atoms with van der Waals surface area (Å²) < 4.78 is 0. The van der Waals surface area contributed by atoms with Crippen molar-refractivity contribution in [1.82, 2.24) is 0 Å². The molecular formula is C73H71N. The molecule has 0 aromatic heterocycles. The topological polar surface area (TPSA) is 3.24 Å². The summed E-state index contributed by atoms with van der Waals surface area (Å²) >= 11 is 0. The highest BCUT2D eigenvalue weighted by molar-refractivity contribution is 6.11. The highest BCUT2D eigenvalue weighted by Gasteiger charge is 2.45. The average molecular weight is 962 g/mol. The van der Waals surface area contributed by atoms with Crippen LogP contribution in [0.3, 0.4) is 0 Å². The van der Waals surface area contributed by atoms with E-state index in [0.29, 0.717) is 0 Å². The number of hydrogen-bond acceptors (Lipinski definition) is 1. The van der Waals surface area contributed by atoms with Crippen molar-refractivity contribution in [1.29, 1.82) is 0 Å². The molecule has 1 unspecified atom stereocenters. The summed E-state index contributed by atoms with van der Waals surface area (Å²) in [5.41, 5.74) is 35.2. The highest BCUT2D eigenvalue weighted by Crippen LogP contribution is 2.61. The van der Waals surface area contributed by atoms with Crippen molar-refractivity contribution in [3.63, 3.8) is 0 Å².